The molecule has 1 aromatic rings. The average molecular weight is 180 g/mol. The number of rotatable bonds is 1. The first-order valence-corrected chi connectivity index (χ1v) is 3.72. The van der Waals surface area contributed by atoms with Gasteiger partial charge in [0.25, 0.3) is 0 Å². The van der Waals surface area contributed by atoms with Crippen LogP contribution in [0.5, 0.6) is 5.75 Å². The molecule has 0 aliphatic heterocycles. The normalized spacial score (nSPS) is 8.85. The highest BCUT2D eigenvalue weighted by Crippen LogP contribution is 2.18. The third-order valence-electron chi connectivity index (χ3n) is 1.49. The molecule has 0 heterocycles. The molecule has 0 fully saturated rings. The van der Waals surface area contributed by atoms with Crippen molar-refractivity contribution in [1.82, 2.24) is 0 Å². The van der Waals surface area contributed by atoms with E-state index in [1.54, 1.807) is 6.07 Å². The third-order valence-corrected chi connectivity index (χ3v) is 1.49. The van der Waals surface area contributed by atoms with Gasteiger partial charge in [-0.25, -0.2) is 4.39 Å². The maximum Gasteiger partial charge on any atom is 0.180 e. The van der Waals surface area contributed by atoms with Crippen LogP contribution in [0.15, 0.2) is 18.2 Å². The summed E-state index contributed by atoms with van der Waals surface area (Å²) in [4.78, 5) is 0. The molecule has 0 aromatic heterocycles. The molecule has 0 bridgehead atoms. The Morgan fingerprint density at radius 1 is 1.54 bits per heavy atom. The highest BCUT2D eigenvalue weighted by atomic mass is 19.1. The van der Waals surface area contributed by atoms with Crippen LogP contribution in [0.1, 0.15) is 5.56 Å². The molecule has 0 aliphatic carbocycles. The quantitative estimate of drug-likeness (QED) is 0.657. The number of hydrogen-bond donors (Lipinski definition) is 1. The summed E-state index contributed by atoms with van der Waals surface area (Å²) in [6, 6.07) is 4.68. The van der Waals surface area contributed by atoms with Gasteiger partial charge in [0.1, 0.15) is 6.61 Å². The standard InChI is InChI=1S/C10H9FO2/c1-13-9-6-2-4-8(10(9)11)5-3-7-12/h2,4,6,12H,7H2,1H3. The van der Waals surface area contributed by atoms with Crippen molar-refractivity contribution in [3.8, 4) is 17.6 Å². The van der Waals surface area contributed by atoms with E-state index in [-0.39, 0.29) is 17.9 Å². The van der Waals surface area contributed by atoms with Crippen molar-refractivity contribution in [1.29, 1.82) is 0 Å². The Kier molecular flexibility index (Phi) is 3.30. The van der Waals surface area contributed by atoms with E-state index in [9.17, 15) is 4.39 Å². The molecule has 0 atom stereocenters. The topological polar surface area (TPSA) is 29.5 Å². The summed E-state index contributed by atoms with van der Waals surface area (Å²) < 4.78 is 18.0. The van der Waals surface area contributed by atoms with E-state index in [2.05, 4.69) is 11.8 Å². The van der Waals surface area contributed by atoms with E-state index in [1.165, 1.54) is 19.2 Å². The Labute approximate surface area is 76.0 Å². The van der Waals surface area contributed by atoms with Crippen molar-refractivity contribution >= 4 is 0 Å². The summed E-state index contributed by atoms with van der Waals surface area (Å²) in [7, 11) is 1.39. The zero-order valence-electron chi connectivity index (χ0n) is 7.17. The Bertz CT molecular complexity index is 350. The Morgan fingerprint density at radius 3 is 2.92 bits per heavy atom. The lowest BCUT2D eigenvalue weighted by molar-refractivity contribution is 0.350. The molecule has 0 radical (unpaired) electrons. The number of ether oxygens (including phenoxy) is 1. The van der Waals surface area contributed by atoms with Gasteiger partial charge in [-0.3, -0.25) is 0 Å². The van der Waals surface area contributed by atoms with Crippen LogP contribution in [0.4, 0.5) is 4.39 Å². The summed E-state index contributed by atoms with van der Waals surface area (Å²) in [6.45, 7) is -0.281. The minimum absolute atomic E-state index is 0.157. The lowest BCUT2D eigenvalue weighted by Crippen LogP contribution is -1.91. The van der Waals surface area contributed by atoms with E-state index in [0.29, 0.717) is 0 Å². The van der Waals surface area contributed by atoms with Gasteiger partial charge in [0, 0.05) is 0 Å². The first-order valence-electron chi connectivity index (χ1n) is 3.72. The minimum Gasteiger partial charge on any atom is -0.494 e. The first kappa shape index (κ1) is 9.56. The molecule has 1 aromatic carbocycles. The van der Waals surface area contributed by atoms with Crippen molar-refractivity contribution in [3.63, 3.8) is 0 Å². The number of benzene rings is 1. The van der Waals surface area contributed by atoms with Gasteiger partial charge in [0.05, 0.1) is 12.7 Å². The minimum atomic E-state index is -0.494. The molecule has 0 amide bonds. The van der Waals surface area contributed by atoms with Gasteiger partial charge in [0.15, 0.2) is 11.6 Å². The second-order valence-corrected chi connectivity index (χ2v) is 2.28. The fraction of sp³-hybridized carbons (Fsp3) is 0.200. The summed E-state index contributed by atoms with van der Waals surface area (Å²) >= 11 is 0. The maximum absolute atomic E-state index is 13.3. The van der Waals surface area contributed by atoms with Crippen LogP contribution in [0.2, 0.25) is 0 Å². The van der Waals surface area contributed by atoms with E-state index in [0.717, 1.165) is 0 Å². The highest BCUT2D eigenvalue weighted by molar-refractivity contribution is 5.41. The molecule has 0 saturated carbocycles. The predicted octanol–water partition coefficient (Wildman–Crippen LogP) is 1.18. The molecule has 1 N–H and O–H groups in total. The smallest absolute Gasteiger partial charge is 0.180 e. The summed E-state index contributed by atoms with van der Waals surface area (Å²) in [5, 5.41) is 8.42. The monoisotopic (exact) mass is 180 g/mol. The van der Waals surface area contributed by atoms with Gasteiger partial charge < -0.3 is 9.84 Å². The van der Waals surface area contributed by atoms with Crippen LogP contribution in [0, 0.1) is 17.7 Å². The number of methoxy groups -OCH3 is 1. The fourth-order valence-corrected chi connectivity index (χ4v) is 0.900. The molecule has 2 nitrogen and oxygen atoms in total. The van der Waals surface area contributed by atoms with E-state index in [4.69, 9.17) is 9.84 Å². The van der Waals surface area contributed by atoms with Crippen LogP contribution >= 0.6 is 0 Å². The average Bonchev–Trinajstić information content (AvgIpc) is 2.16. The summed E-state index contributed by atoms with van der Waals surface area (Å²) in [6.07, 6.45) is 0. The van der Waals surface area contributed by atoms with Crippen LogP contribution in [-0.2, 0) is 0 Å². The van der Waals surface area contributed by atoms with Crippen LogP contribution < -0.4 is 4.74 Å². The molecule has 3 heteroatoms. The summed E-state index contributed by atoms with van der Waals surface area (Å²) in [5.74, 6) is 4.51. The zero-order chi connectivity index (χ0) is 9.68. The molecule has 68 valence electrons. The molecule has 0 spiro atoms. The third kappa shape index (κ3) is 2.20. The summed E-state index contributed by atoms with van der Waals surface area (Å²) in [5.41, 5.74) is 0.230. The lowest BCUT2D eigenvalue weighted by Gasteiger charge is -2.01. The van der Waals surface area contributed by atoms with Crippen molar-refractivity contribution < 1.29 is 14.2 Å². The van der Waals surface area contributed by atoms with Crippen molar-refractivity contribution in [2.45, 2.75) is 0 Å². The molecule has 1 rings (SSSR count). The number of aliphatic hydroxyl groups excluding tert-OH is 1. The zero-order valence-corrected chi connectivity index (χ0v) is 7.17. The molecular weight excluding hydrogens is 171 g/mol. The van der Waals surface area contributed by atoms with Crippen LogP contribution in [-0.4, -0.2) is 18.8 Å². The van der Waals surface area contributed by atoms with Gasteiger partial charge in [-0.1, -0.05) is 17.9 Å². The largest absolute Gasteiger partial charge is 0.494 e. The second-order valence-electron chi connectivity index (χ2n) is 2.28. The molecule has 0 aliphatic rings. The van der Waals surface area contributed by atoms with E-state index in [1.807, 2.05) is 0 Å². The Morgan fingerprint density at radius 2 is 2.31 bits per heavy atom. The van der Waals surface area contributed by atoms with Gasteiger partial charge in [-0.05, 0) is 12.1 Å². The fourth-order valence-electron chi connectivity index (χ4n) is 0.900. The van der Waals surface area contributed by atoms with Crippen molar-refractivity contribution in [2.75, 3.05) is 13.7 Å². The Hall–Kier alpha value is -1.53. The second kappa shape index (κ2) is 4.48. The maximum atomic E-state index is 13.3. The van der Waals surface area contributed by atoms with Crippen LogP contribution in [0.3, 0.4) is 0 Å². The van der Waals surface area contributed by atoms with Gasteiger partial charge in [-0.15, -0.1) is 0 Å². The van der Waals surface area contributed by atoms with Gasteiger partial charge in [-0.2, -0.15) is 0 Å². The van der Waals surface area contributed by atoms with E-state index >= 15 is 0 Å². The van der Waals surface area contributed by atoms with Gasteiger partial charge >= 0.3 is 0 Å². The SMILES string of the molecule is COc1cccc(C#CCO)c1F. The van der Waals surface area contributed by atoms with Gasteiger partial charge in [0.2, 0.25) is 0 Å². The Balaban J connectivity index is 3.08. The van der Waals surface area contributed by atoms with E-state index < -0.39 is 5.82 Å². The first-order chi connectivity index (χ1) is 6.29. The molecule has 13 heavy (non-hydrogen) atoms. The number of aliphatic hydroxyl groups is 1. The number of hydrogen-bond acceptors (Lipinski definition) is 2. The number of halogens is 1. The molecule has 0 unspecified atom stereocenters. The lowest BCUT2D eigenvalue weighted by atomic mass is 10.2. The predicted molar refractivity (Wildman–Crippen MR) is 46.9 cm³/mol. The molecule has 0 saturated heterocycles. The molecular formula is C10H9FO2. The highest BCUT2D eigenvalue weighted by Gasteiger charge is 2.04. The van der Waals surface area contributed by atoms with Crippen molar-refractivity contribution in [2.24, 2.45) is 0 Å². The van der Waals surface area contributed by atoms with Crippen molar-refractivity contribution in [3.05, 3.63) is 29.6 Å². The van der Waals surface area contributed by atoms with Crippen LogP contribution in [0.25, 0.3) is 0 Å².